The van der Waals surface area contributed by atoms with Gasteiger partial charge in [0.05, 0.1) is 23.3 Å². The number of anilines is 1. The van der Waals surface area contributed by atoms with Crippen LogP contribution in [-0.4, -0.2) is 9.97 Å². The number of benzene rings is 1. The van der Waals surface area contributed by atoms with Gasteiger partial charge in [0, 0.05) is 30.1 Å². The molecule has 0 saturated heterocycles. The molecule has 1 N–H and O–H groups in total. The van der Waals surface area contributed by atoms with Crippen LogP contribution in [0, 0.1) is 0 Å². The van der Waals surface area contributed by atoms with E-state index in [2.05, 4.69) is 33.5 Å². The molecular formula is C16H15N3O. The van der Waals surface area contributed by atoms with E-state index in [1.54, 1.807) is 18.7 Å². The van der Waals surface area contributed by atoms with Gasteiger partial charge in [-0.3, -0.25) is 9.97 Å². The van der Waals surface area contributed by atoms with Crippen molar-refractivity contribution in [1.82, 2.24) is 9.97 Å². The minimum Gasteiger partial charge on any atom is -0.469 e. The van der Waals surface area contributed by atoms with Gasteiger partial charge in [0.1, 0.15) is 5.76 Å². The van der Waals surface area contributed by atoms with E-state index in [-0.39, 0.29) is 0 Å². The maximum atomic E-state index is 5.53. The molecule has 0 saturated carbocycles. The van der Waals surface area contributed by atoms with Crippen LogP contribution in [-0.2, 0) is 6.42 Å². The van der Waals surface area contributed by atoms with Gasteiger partial charge in [0.2, 0.25) is 0 Å². The van der Waals surface area contributed by atoms with E-state index in [1.807, 2.05) is 6.07 Å². The third-order valence-corrected chi connectivity index (χ3v) is 3.86. The molecule has 1 aliphatic carbocycles. The molecule has 0 radical (unpaired) electrons. The maximum absolute atomic E-state index is 5.53. The maximum Gasteiger partial charge on any atom is 0.109 e. The lowest BCUT2D eigenvalue weighted by Crippen LogP contribution is -2.15. The van der Waals surface area contributed by atoms with Crippen LogP contribution >= 0.6 is 0 Å². The molecule has 0 amide bonds. The Morgan fingerprint density at radius 1 is 1.10 bits per heavy atom. The van der Waals surface area contributed by atoms with Crippen LogP contribution in [0.4, 0.5) is 5.69 Å². The van der Waals surface area contributed by atoms with E-state index in [1.165, 1.54) is 5.56 Å². The molecule has 1 aliphatic rings. The molecule has 0 fully saturated rings. The predicted molar refractivity (Wildman–Crippen MR) is 77.5 cm³/mol. The summed E-state index contributed by atoms with van der Waals surface area (Å²) in [5, 5.41) is 3.59. The second-order valence-electron chi connectivity index (χ2n) is 5.15. The summed E-state index contributed by atoms with van der Waals surface area (Å²) in [4.78, 5) is 8.64. The number of aromatic nitrogens is 2. The van der Waals surface area contributed by atoms with Gasteiger partial charge in [-0.25, -0.2) is 0 Å². The molecule has 3 aromatic rings. The molecule has 20 heavy (non-hydrogen) atoms. The molecule has 1 unspecified atom stereocenters. The molecule has 0 bridgehead atoms. The SMILES string of the molecule is c1cnc2cc(NC3CCCc4occc43)ccc2n1. The first-order valence-electron chi connectivity index (χ1n) is 6.94. The average molecular weight is 265 g/mol. The summed E-state index contributed by atoms with van der Waals surface area (Å²) in [6.45, 7) is 0. The van der Waals surface area contributed by atoms with E-state index in [9.17, 15) is 0 Å². The largest absolute Gasteiger partial charge is 0.469 e. The molecule has 2 heterocycles. The fourth-order valence-corrected chi connectivity index (χ4v) is 2.89. The van der Waals surface area contributed by atoms with Crippen LogP contribution in [0.25, 0.3) is 11.0 Å². The number of hydrogen-bond donors (Lipinski definition) is 1. The second kappa shape index (κ2) is 4.63. The zero-order valence-electron chi connectivity index (χ0n) is 11.0. The normalized spacial score (nSPS) is 17.9. The quantitative estimate of drug-likeness (QED) is 0.767. The van der Waals surface area contributed by atoms with Crippen LogP contribution < -0.4 is 5.32 Å². The van der Waals surface area contributed by atoms with E-state index >= 15 is 0 Å². The Morgan fingerprint density at radius 2 is 2.00 bits per heavy atom. The summed E-state index contributed by atoms with van der Waals surface area (Å²) >= 11 is 0. The zero-order chi connectivity index (χ0) is 13.4. The highest BCUT2D eigenvalue weighted by Crippen LogP contribution is 2.33. The van der Waals surface area contributed by atoms with Crippen molar-refractivity contribution in [1.29, 1.82) is 0 Å². The standard InChI is InChI=1S/C16H15N3O/c1-2-13(12-6-9-20-16(12)3-1)19-11-4-5-14-15(10-11)18-8-7-17-14/h4-10,13,19H,1-3H2. The van der Waals surface area contributed by atoms with Gasteiger partial charge in [-0.05, 0) is 37.1 Å². The van der Waals surface area contributed by atoms with Crippen LogP contribution in [0.5, 0.6) is 0 Å². The molecule has 2 aromatic heterocycles. The highest BCUT2D eigenvalue weighted by Gasteiger charge is 2.22. The Hall–Kier alpha value is -2.36. The zero-order valence-corrected chi connectivity index (χ0v) is 11.0. The number of rotatable bonds is 2. The minimum absolute atomic E-state index is 0.326. The van der Waals surface area contributed by atoms with Crippen molar-refractivity contribution in [2.75, 3.05) is 5.32 Å². The van der Waals surface area contributed by atoms with Crippen molar-refractivity contribution < 1.29 is 4.42 Å². The molecule has 0 aliphatic heterocycles. The van der Waals surface area contributed by atoms with Gasteiger partial charge in [-0.1, -0.05) is 0 Å². The highest BCUT2D eigenvalue weighted by molar-refractivity contribution is 5.78. The van der Waals surface area contributed by atoms with E-state index < -0.39 is 0 Å². The third kappa shape index (κ3) is 1.93. The molecular weight excluding hydrogens is 250 g/mol. The number of nitrogens with one attached hydrogen (secondary N) is 1. The summed E-state index contributed by atoms with van der Waals surface area (Å²) in [5.41, 5.74) is 4.21. The first-order chi connectivity index (χ1) is 9.90. The summed E-state index contributed by atoms with van der Waals surface area (Å²) < 4.78 is 5.53. The molecule has 1 aromatic carbocycles. The lowest BCUT2D eigenvalue weighted by molar-refractivity contribution is 0.461. The molecule has 0 spiro atoms. The van der Waals surface area contributed by atoms with Crippen molar-refractivity contribution in [3.05, 3.63) is 54.2 Å². The fraction of sp³-hybridized carbons (Fsp3) is 0.250. The lowest BCUT2D eigenvalue weighted by atomic mass is 9.93. The van der Waals surface area contributed by atoms with Crippen molar-refractivity contribution in [3.63, 3.8) is 0 Å². The summed E-state index contributed by atoms with van der Waals surface area (Å²) in [7, 11) is 0. The van der Waals surface area contributed by atoms with Crippen molar-refractivity contribution in [2.24, 2.45) is 0 Å². The van der Waals surface area contributed by atoms with Gasteiger partial charge < -0.3 is 9.73 Å². The average Bonchev–Trinajstić information content (AvgIpc) is 2.97. The Bertz CT molecular complexity index is 750. The monoisotopic (exact) mass is 265 g/mol. The van der Waals surface area contributed by atoms with Gasteiger partial charge in [0.15, 0.2) is 0 Å². The Morgan fingerprint density at radius 3 is 2.95 bits per heavy atom. The van der Waals surface area contributed by atoms with Crippen LogP contribution in [0.3, 0.4) is 0 Å². The highest BCUT2D eigenvalue weighted by atomic mass is 16.3. The molecule has 1 atom stereocenters. The van der Waals surface area contributed by atoms with Crippen LogP contribution in [0.2, 0.25) is 0 Å². The van der Waals surface area contributed by atoms with E-state index in [0.717, 1.165) is 41.7 Å². The first-order valence-corrected chi connectivity index (χ1v) is 6.94. The Labute approximate surface area is 116 Å². The minimum atomic E-state index is 0.326. The van der Waals surface area contributed by atoms with Crippen molar-refractivity contribution >= 4 is 16.7 Å². The van der Waals surface area contributed by atoms with Crippen LogP contribution in [0.15, 0.2) is 47.3 Å². The van der Waals surface area contributed by atoms with Crippen molar-refractivity contribution in [2.45, 2.75) is 25.3 Å². The summed E-state index contributed by atoms with van der Waals surface area (Å²) in [6.07, 6.45) is 8.56. The number of furan rings is 1. The smallest absolute Gasteiger partial charge is 0.109 e. The molecule has 4 heteroatoms. The fourth-order valence-electron chi connectivity index (χ4n) is 2.89. The van der Waals surface area contributed by atoms with Gasteiger partial charge in [-0.15, -0.1) is 0 Å². The molecule has 4 nitrogen and oxygen atoms in total. The number of hydrogen-bond acceptors (Lipinski definition) is 4. The number of nitrogens with zero attached hydrogens (tertiary/aromatic N) is 2. The second-order valence-corrected chi connectivity index (χ2v) is 5.15. The van der Waals surface area contributed by atoms with Gasteiger partial charge in [-0.2, -0.15) is 0 Å². The van der Waals surface area contributed by atoms with Crippen molar-refractivity contribution in [3.8, 4) is 0 Å². The van der Waals surface area contributed by atoms with Crippen LogP contribution in [0.1, 0.15) is 30.2 Å². The molecule has 100 valence electrons. The number of aryl methyl sites for hydroxylation is 1. The summed E-state index contributed by atoms with van der Waals surface area (Å²) in [5.74, 6) is 1.12. The number of fused-ring (bicyclic) bond motifs is 2. The van der Waals surface area contributed by atoms with Gasteiger partial charge in [0.25, 0.3) is 0 Å². The first kappa shape index (κ1) is 11.5. The molecule has 4 rings (SSSR count). The Kier molecular flexibility index (Phi) is 2.66. The topological polar surface area (TPSA) is 51.0 Å². The van der Waals surface area contributed by atoms with E-state index in [0.29, 0.717) is 6.04 Å². The van der Waals surface area contributed by atoms with E-state index in [4.69, 9.17) is 4.42 Å². The summed E-state index contributed by atoms with van der Waals surface area (Å²) in [6, 6.07) is 8.52. The lowest BCUT2D eigenvalue weighted by Gasteiger charge is -2.23. The Balaban J connectivity index is 1.65. The third-order valence-electron chi connectivity index (χ3n) is 3.86. The van der Waals surface area contributed by atoms with Gasteiger partial charge >= 0.3 is 0 Å². The predicted octanol–water partition coefficient (Wildman–Crippen LogP) is 3.71.